The summed E-state index contributed by atoms with van der Waals surface area (Å²) in [6.07, 6.45) is -4.69. The van der Waals surface area contributed by atoms with Gasteiger partial charge in [0.1, 0.15) is 11.1 Å². The van der Waals surface area contributed by atoms with Crippen molar-refractivity contribution in [2.75, 3.05) is 7.11 Å². The molecule has 0 radical (unpaired) electrons. The number of alkyl halides is 3. The molecule has 1 aromatic heterocycles. The fourth-order valence-electron chi connectivity index (χ4n) is 2.53. The molecule has 0 saturated heterocycles. The number of methoxy groups -OCH3 is 1. The van der Waals surface area contributed by atoms with Crippen LogP contribution in [0, 0.1) is 0 Å². The molecule has 0 aliphatic rings. The van der Waals surface area contributed by atoms with Gasteiger partial charge >= 0.3 is 11.9 Å². The molecule has 0 fully saturated rings. The molecule has 0 amide bonds. The molecule has 3 aromatic rings. The van der Waals surface area contributed by atoms with Gasteiger partial charge in [-0.15, -0.1) is 0 Å². The Bertz CT molecular complexity index is 1090. The molecule has 0 saturated carbocycles. The van der Waals surface area contributed by atoms with E-state index in [-0.39, 0.29) is 27.4 Å². The van der Waals surface area contributed by atoms with Crippen molar-refractivity contribution >= 4 is 22.5 Å². The summed E-state index contributed by atoms with van der Waals surface area (Å²) in [5.41, 5.74) is -2.94. The second-order valence-electron chi connectivity index (χ2n) is 5.12. The van der Waals surface area contributed by atoms with Gasteiger partial charge in [0.15, 0.2) is 0 Å². The Morgan fingerprint density at radius 3 is 2.44 bits per heavy atom. The summed E-state index contributed by atoms with van der Waals surface area (Å²) < 4.78 is 45.4. The third-order valence-electron chi connectivity index (χ3n) is 3.61. The SMILES string of the molecule is COc1cc(C(F)(F)F)cc2c1c(=O)[nH]c(=O)n2-c1ccccc1Cl. The Balaban J connectivity index is 2.56. The Morgan fingerprint density at radius 1 is 1.16 bits per heavy atom. The number of hydrogen-bond donors (Lipinski definition) is 1. The average Bonchev–Trinajstić information content (AvgIpc) is 2.54. The first-order valence-corrected chi connectivity index (χ1v) is 7.31. The lowest BCUT2D eigenvalue weighted by Gasteiger charge is -2.15. The summed E-state index contributed by atoms with van der Waals surface area (Å²) in [5, 5.41) is -0.0515. The van der Waals surface area contributed by atoms with Crippen molar-refractivity contribution in [1.82, 2.24) is 9.55 Å². The topological polar surface area (TPSA) is 64.1 Å². The third-order valence-corrected chi connectivity index (χ3v) is 3.93. The minimum Gasteiger partial charge on any atom is -0.496 e. The number of aromatic nitrogens is 2. The zero-order valence-corrected chi connectivity index (χ0v) is 13.4. The number of hydrogen-bond acceptors (Lipinski definition) is 3. The van der Waals surface area contributed by atoms with E-state index in [1.54, 1.807) is 12.1 Å². The van der Waals surface area contributed by atoms with E-state index < -0.39 is 23.0 Å². The molecule has 3 rings (SSSR count). The average molecular weight is 371 g/mol. The van der Waals surface area contributed by atoms with Crippen molar-refractivity contribution in [2.45, 2.75) is 6.18 Å². The molecule has 0 atom stereocenters. The molecular weight excluding hydrogens is 361 g/mol. The van der Waals surface area contributed by atoms with E-state index in [4.69, 9.17) is 16.3 Å². The van der Waals surface area contributed by atoms with Gasteiger partial charge in [0.25, 0.3) is 5.56 Å². The quantitative estimate of drug-likeness (QED) is 0.752. The lowest BCUT2D eigenvalue weighted by atomic mass is 10.1. The van der Waals surface area contributed by atoms with E-state index in [1.165, 1.54) is 12.1 Å². The van der Waals surface area contributed by atoms with Crippen LogP contribution in [0.3, 0.4) is 0 Å². The molecule has 1 heterocycles. The van der Waals surface area contributed by atoms with Crippen molar-refractivity contribution < 1.29 is 17.9 Å². The summed E-state index contributed by atoms with van der Waals surface area (Å²) in [6, 6.07) is 7.53. The predicted molar refractivity (Wildman–Crippen MR) is 86.7 cm³/mol. The van der Waals surface area contributed by atoms with Gasteiger partial charge in [0.05, 0.1) is 28.9 Å². The van der Waals surface area contributed by atoms with Crippen LogP contribution in [-0.4, -0.2) is 16.7 Å². The van der Waals surface area contributed by atoms with Crippen LogP contribution in [0.15, 0.2) is 46.0 Å². The van der Waals surface area contributed by atoms with Crippen LogP contribution in [0.2, 0.25) is 5.02 Å². The van der Waals surface area contributed by atoms with Crippen molar-refractivity contribution in [3.63, 3.8) is 0 Å². The van der Waals surface area contributed by atoms with Crippen molar-refractivity contribution in [3.8, 4) is 11.4 Å². The molecule has 0 bridgehead atoms. The van der Waals surface area contributed by atoms with Gasteiger partial charge in [-0.1, -0.05) is 23.7 Å². The summed E-state index contributed by atoms with van der Waals surface area (Å²) in [6.45, 7) is 0. The highest BCUT2D eigenvalue weighted by Gasteiger charge is 2.32. The first-order valence-electron chi connectivity index (χ1n) is 6.93. The van der Waals surface area contributed by atoms with Crippen LogP contribution >= 0.6 is 11.6 Å². The number of nitrogens with zero attached hydrogens (tertiary/aromatic N) is 1. The second-order valence-corrected chi connectivity index (χ2v) is 5.52. The van der Waals surface area contributed by atoms with Gasteiger partial charge in [0, 0.05) is 0 Å². The van der Waals surface area contributed by atoms with Crippen LogP contribution < -0.4 is 16.0 Å². The van der Waals surface area contributed by atoms with Gasteiger partial charge in [-0.25, -0.2) is 4.79 Å². The largest absolute Gasteiger partial charge is 0.496 e. The molecule has 9 heteroatoms. The fourth-order valence-corrected chi connectivity index (χ4v) is 2.75. The van der Waals surface area contributed by atoms with Crippen LogP contribution in [0.5, 0.6) is 5.75 Å². The minimum atomic E-state index is -4.69. The molecule has 0 aliphatic heterocycles. The van der Waals surface area contributed by atoms with Crippen molar-refractivity contribution in [3.05, 3.63) is 67.8 Å². The van der Waals surface area contributed by atoms with E-state index in [9.17, 15) is 22.8 Å². The minimum absolute atomic E-state index is 0.134. The van der Waals surface area contributed by atoms with E-state index in [2.05, 4.69) is 4.98 Å². The molecule has 2 aromatic carbocycles. The molecule has 25 heavy (non-hydrogen) atoms. The molecular formula is C16H10ClF3N2O3. The number of aromatic amines is 1. The van der Waals surface area contributed by atoms with Crippen LogP contribution in [-0.2, 0) is 6.18 Å². The van der Waals surface area contributed by atoms with Crippen LogP contribution in [0.1, 0.15) is 5.56 Å². The first kappa shape index (κ1) is 17.1. The lowest BCUT2D eigenvalue weighted by Crippen LogP contribution is -2.30. The first-order chi connectivity index (χ1) is 11.7. The maximum Gasteiger partial charge on any atom is 0.416 e. The normalized spacial score (nSPS) is 11.7. The molecule has 0 aliphatic carbocycles. The Kier molecular flexibility index (Phi) is 4.08. The molecule has 5 nitrogen and oxygen atoms in total. The Labute approximate surface area is 143 Å². The molecule has 130 valence electrons. The van der Waals surface area contributed by atoms with Crippen molar-refractivity contribution in [2.24, 2.45) is 0 Å². The number of ether oxygens (including phenoxy) is 1. The second kappa shape index (κ2) is 5.96. The standard InChI is InChI=1S/C16H10ClF3N2O3/c1-25-12-7-8(16(18,19)20)6-11-13(12)14(23)21-15(24)22(11)10-5-3-2-4-9(10)17/h2-7H,1H3,(H,21,23,24). The van der Waals surface area contributed by atoms with E-state index in [0.29, 0.717) is 6.07 Å². The summed E-state index contributed by atoms with van der Waals surface area (Å²) in [5.74, 6) is -0.299. The van der Waals surface area contributed by atoms with Gasteiger partial charge in [0.2, 0.25) is 0 Å². The maximum absolute atomic E-state index is 13.2. The Hall–Kier alpha value is -2.74. The number of halogens is 4. The smallest absolute Gasteiger partial charge is 0.416 e. The van der Waals surface area contributed by atoms with Crippen molar-refractivity contribution in [1.29, 1.82) is 0 Å². The molecule has 1 N–H and O–H groups in total. The fraction of sp³-hybridized carbons (Fsp3) is 0.125. The maximum atomic E-state index is 13.2. The number of para-hydroxylation sites is 1. The Morgan fingerprint density at radius 2 is 1.84 bits per heavy atom. The molecule has 0 unspecified atom stereocenters. The number of benzene rings is 2. The third kappa shape index (κ3) is 2.89. The lowest BCUT2D eigenvalue weighted by molar-refractivity contribution is -0.137. The summed E-state index contributed by atoms with van der Waals surface area (Å²) in [4.78, 5) is 26.5. The summed E-state index contributed by atoms with van der Waals surface area (Å²) in [7, 11) is 1.14. The number of nitrogens with one attached hydrogen (secondary N) is 1. The van der Waals surface area contributed by atoms with Gasteiger partial charge in [-0.2, -0.15) is 13.2 Å². The summed E-state index contributed by atoms with van der Waals surface area (Å²) >= 11 is 6.07. The zero-order chi connectivity index (χ0) is 18.4. The number of rotatable bonds is 2. The van der Waals surface area contributed by atoms with Gasteiger partial charge < -0.3 is 4.74 Å². The highest BCUT2D eigenvalue weighted by Crippen LogP contribution is 2.35. The van der Waals surface area contributed by atoms with Gasteiger partial charge in [-0.05, 0) is 24.3 Å². The van der Waals surface area contributed by atoms with Crippen LogP contribution in [0.4, 0.5) is 13.2 Å². The van der Waals surface area contributed by atoms with E-state index in [1.807, 2.05) is 0 Å². The number of H-pyrrole nitrogens is 1. The van der Waals surface area contributed by atoms with Crippen LogP contribution in [0.25, 0.3) is 16.6 Å². The van der Waals surface area contributed by atoms with E-state index in [0.717, 1.165) is 17.7 Å². The predicted octanol–water partition coefficient (Wildman–Crippen LogP) is 3.36. The highest BCUT2D eigenvalue weighted by atomic mass is 35.5. The van der Waals surface area contributed by atoms with E-state index >= 15 is 0 Å². The number of fused-ring (bicyclic) bond motifs is 1. The monoisotopic (exact) mass is 370 g/mol. The highest BCUT2D eigenvalue weighted by molar-refractivity contribution is 6.32. The molecule has 0 spiro atoms. The van der Waals surface area contributed by atoms with Gasteiger partial charge in [-0.3, -0.25) is 14.3 Å². The zero-order valence-electron chi connectivity index (χ0n) is 12.6.